The Morgan fingerprint density at radius 2 is 1.53 bits per heavy atom. The fourth-order valence-electron chi connectivity index (χ4n) is 1.97. The number of halogens is 2. The Morgan fingerprint density at radius 3 is 2.11 bits per heavy atom. The first-order valence-corrected chi connectivity index (χ1v) is 7.81. The van der Waals surface area contributed by atoms with Crippen LogP contribution >= 0.6 is 31.9 Å². The van der Waals surface area contributed by atoms with Crippen LogP contribution in [0.2, 0.25) is 0 Å². The van der Waals surface area contributed by atoms with E-state index in [-0.39, 0.29) is 0 Å². The molecule has 100 valence electrons. The molecule has 0 fully saturated rings. The minimum atomic E-state index is 0.821. The summed E-state index contributed by atoms with van der Waals surface area (Å²) in [5.41, 5.74) is 6.30. The number of nitrogens with one attached hydrogen (secondary N) is 1. The van der Waals surface area contributed by atoms with Gasteiger partial charge in [-0.05, 0) is 87.0 Å². The molecule has 0 radical (unpaired) electrons. The monoisotopic (exact) mass is 381 g/mol. The zero-order chi connectivity index (χ0) is 14.0. The summed E-state index contributed by atoms with van der Waals surface area (Å²) < 4.78 is 2.17. The first-order valence-electron chi connectivity index (χ1n) is 6.23. The van der Waals surface area contributed by atoms with Crippen molar-refractivity contribution in [2.24, 2.45) is 0 Å². The Morgan fingerprint density at radius 1 is 0.895 bits per heavy atom. The third kappa shape index (κ3) is 3.61. The second-order valence-electron chi connectivity index (χ2n) is 4.88. The second-order valence-corrected chi connectivity index (χ2v) is 6.58. The number of hydrogen-bond acceptors (Lipinski definition) is 1. The van der Waals surface area contributed by atoms with Gasteiger partial charge >= 0.3 is 0 Å². The van der Waals surface area contributed by atoms with Crippen LogP contribution in [0.25, 0.3) is 0 Å². The molecule has 0 amide bonds. The highest BCUT2D eigenvalue weighted by Gasteiger charge is 2.06. The molecule has 0 unspecified atom stereocenters. The van der Waals surface area contributed by atoms with E-state index < -0.39 is 0 Å². The zero-order valence-corrected chi connectivity index (χ0v) is 14.5. The van der Waals surface area contributed by atoms with E-state index in [4.69, 9.17) is 0 Å². The van der Waals surface area contributed by atoms with E-state index in [1.807, 2.05) is 0 Å². The maximum Gasteiger partial charge on any atom is 0.0631 e. The van der Waals surface area contributed by atoms with Gasteiger partial charge in [0.2, 0.25) is 0 Å². The molecular formula is C16H17Br2N. The van der Waals surface area contributed by atoms with E-state index in [0.29, 0.717) is 0 Å². The van der Waals surface area contributed by atoms with E-state index in [1.54, 1.807) is 0 Å². The topological polar surface area (TPSA) is 12.0 Å². The quantitative estimate of drug-likeness (QED) is 0.712. The van der Waals surface area contributed by atoms with Gasteiger partial charge in [-0.2, -0.15) is 0 Å². The zero-order valence-electron chi connectivity index (χ0n) is 11.3. The Kier molecular flexibility index (Phi) is 4.69. The molecule has 0 saturated heterocycles. The van der Waals surface area contributed by atoms with Crippen molar-refractivity contribution in [1.29, 1.82) is 0 Å². The Bertz CT molecular complexity index is 583. The fraction of sp³-hybridized carbons (Fsp3) is 0.250. The third-order valence-electron chi connectivity index (χ3n) is 3.23. The van der Waals surface area contributed by atoms with Gasteiger partial charge in [-0.15, -0.1) is 0 Å². The summed E-state index contributed by atoms with van der Waals surface area (Å²) in [6.07, 6.45) is 0. The lowest BCUT2D eigenvalue weighted by molar-refractivity contribution is 1.12. The first-order chi connectivity index (χ1) is 8.97. The van der Waals surface area contributed by atoms with Crippen molar-refractivity contribution in [3.8, 4) is 0 Å². The average molecular weight is 383 g/mol. The first kappa shape index (κ1) is 14.6. The van der Waals surface area contributed by atoms with Gasteiger partial charge in [0.05, 0.1) is 5.69 Å². The number of rotatable bonds is 3. The number of hydrogen-bond donors (Lipinski definition) is 1. The molecule has 0 spiro atoms. The van der Waals surface area contributed by atoms with Gasteiger partial charge in [0, 0.05) is 15.5 Å². The molecule has 0 saturated carbocycles. The predicted molar refractivity (Wildman–Crippen MR) is 89.8 cm³/mol. The van der Waals surface area contributed by atoms with Gasteiger partial charge in [-0.3, -0.25) is 0 Å². The van der Waals surface area contributed by atoms with Crippen molar-refractivity contribution >= 4 is 37.5 Å². The lowest BCUT2D eigenvalue weighted by atomic mass is 10.1. The van der Waals surface area contributed by atoms with E-state index in [2.05, 4.69) is 88.3 Å². The van der Waals surface area contributed by atoms with Gasteiger partial charge in [0.15, 0.2) is 0 Å². The number of aryl methyl sites for hydroxylation is 3. The number of anilines is 1. The fourth-order valence-corrected chi connectivity index (χ4v) is 3.67. The lowest BCUT2D eigenvalue weighted by Crippen LogP contribution is -2.02. The SMILES string of the molecule is Cc1cc(Br)c(NCc2ccc(C)c(C)c2)c(Br)c1. The van der Waals surface area contributed by atoms with Crippen LogP contribution in [0.5, 0.6) is 0 Å². The van der Waals surface area contributed by atoms with E-state index in [1.165, 1.54) is 22.3 Å². The summed E-state index contributed by atoms with van der Waals surface area (Å²) in [6.45, 7) is 7.19. The van der Waals surface area contributed by atoms with Gasteiger partial charge in [-0.1, -0.05) is 18.2 Å². The molecule has 2 aromatic carbocycles. The van der Waals surface area contributed by atoms with Crippen LogP contribution in [-0.4, -0.2) is 0 Å². The van der Waals surface area contributed by atoms with Crippen molar-refractivity contribution in [2.75, 3.05) is 5.32 Å². The summed E-state index contributed by atoms with van der Waals surface area (Å²) in [6, 6.07) is 10.8. The molecule has 0 aliphatic carbocycles. The molecule has 0 aliphatic rings. The van der Waals surface area contributed by atoms with Crippen molar-refractivity contribution in [3.05, 3.63) is 61.5 Å². The van der Waals surface area contributed by atoms with Crippen molar-refractivity contribution < 1.29 is 0 Å². The van der Waals surface area contributed by atoms with Crippen LogP contribution in [0.1, 0.15) is 22.3 Å². The van der Waals surface area contributed by atoms with Crippen LogP contribution < -0.4 is 5.32 Å². The summed E-state index contributed by atoms with van der Waals surface area (Å²) in [4.78, 5) is 0. The minimum Gasteiger partial charge on any atom is -0.379 e. The summed E-state index contributed by atoms with van der Waals surface area (Å²) in [5, 5.41) is 3.48. The van der Waals surface area contributed by atoms with E-state index in [0.717, 1.165) is 21.2 Å². The Balaban J connectivity index is 2.16. The standard InChI is InChI=1S/C16H17Br2N/c1-10-6-14(17)16(15(18)7-10)19-9-13-5-4-11(2)12(3)8-13/h4-8,19H,9H2,1-3H3. The molecule has 3 heteroatoms. The highest BCUT2D eigenvalue weighted by atomic mass is 79.9. The average Bonchev–Trinajstić information content (AvgIpc) is 2.32. The Labute approximate surface area is 131 Å². The van der Waals surface area contributed by atoms with Gasteiger partial charge in [0.25, 0.3) is 0 Å². The molecule has 0 atom stereocenters. The lowest BCUT2D eigenvalue weighted by Gasteiger charge is -2.13. The molecule has 0 bridgehead atoms. The van der Waals surface area contributed by atoms with Crippen molar-refractivity contribution in [3.63, 3.8) is 0 Å². The maximum absolute atomic E-state index is 3.61. The van der Waals surface area contributed by atoms with Gasteiger partial charge in [-0.25, -0.2) is 0 Å². The van der Waals surface area contributed by atoms with Gasteiger partial charge < -0.3 is 5.32 Å². The maximum atomic E-state index is 3.61. The molecule has 1 N–H and O–H groups in total. The second kappa shape index (κ2) is 6.10. The van der Waals surface area contributed by atoms with Crippen LogP contribution in [0.3, 0.4) is 0 Å². The molecule has 19 heavy (non-hydrogen) atoms. The highest BCUT2D eigenvalue weighted by molar-refractivity contribution is 9.11. The van der Waals surface area contributed by atoms with E-state index in [9.17, 15) is 0 Å². The number of benzene rings is 2. The smallest absolute Gasteiger partial charge is 0.0631 e. The van der Waals surface area contributed by atoms with Crippen LogP contribution in [0.4, 0.5) is 5.69 Å². The van der Waals surface area contributed by atoms with Crippen molar-refractivity contribution in [1.82, 2.24) is 0 Å². The minimum absolute atomic E-state index is 0.821. The van der Waals surface area contributed by atoms with Crippen LogP contribution in [0.15, 0.2) is 39.3 Å². The van der Waals surface area contributed by atoms with E-state index >= 15 is 0 Å². The van der Waals surface area contributed by atoms with Crippen LogP contribution in [0, 0.1) is 20.8 Å². The van der Waals surface area contributed by atoms with Crippen LogP contribution in [-0.2, 0) is 6.54 Å². The molecule has 0 aromatic heterocycles. The van der Waals surface area contributed by atoms with Crippen molar-refractivity contribution in [2.45, 2.75) is 27.3 Å². The molecule has 1 nitrogen and oxygen atoms in total. The Hall–Kier alpha value is -0.800. The molecule has 0 aliphatic heterocycles. The summed E-state index contributed by atoms with van der Waals surface area (Å²) in [5.74, 6) is 0. The third-order valence-corrected chi connectivity index (χ3v) is 4.48. The molecule has 0 heterocycles. The van der Waals surface area contributed by atoms with Gasteiger partial charge in [0.1, 0.15) is 0 Å². The normalized spacial score (nSPS) is 10.6. The summed E-state index contributed by atoms with van der Waals surface area (Å²) in [7, 11) is 0. The molecule has 2 aromatic rings. The predicted octanol–water partition coefficient (Wildman–Crippen LogP) is 5.75. The largest absolute Gasteiger partial charge is 0.379 e. The summed E-state index contributed by atoms with van der Waals surface area (Å²) >= 11 is 7.21. The molecular weight excluding hydrogens is 366 g/mol. The molecule has 2 rings (SSSR count). The highest BCUT2D eigenvalue weighted by Crippen LogP contribution is 2.32.